The van der Waals surface area contributed by atoms with Crippen molar-refractivity contribution in [2.45, 2.75) is 0 Å². The highest BCUT2D eigenvalue weighted by atomic mass is 35.5. The topological polar surface area (TPSA) is 42.9 Å². The number of hydrogen-bond donors (Lipinski definition) is 0. The average molecular weight is 519 g/mol. The Morgan fingerprint density at radius 2 is 1.53 bits per heavy atom. The quantitative estimate of drug-likeness (QED) is 0.502. The van der Waals surface area contributed by atoms with Crippen LogP contribution >= 0.6 is 34.8 Å². The highest BCUT2D eigenvalue weighted by Crippen LogP contribution is 2.33. The fourth-order valence-corrected chi connectivity index (χ4v) is 5.33. The van der Waals surface area contributed by atoms with E-state index >= 15 is 0 Å². The third kappa shape index (κ3) is 4.91. The maximum absolute atomic E-state index is 13.0. The minimum absolute atomic E-state index is 0.189. The number of amides is 1. The summed E-state index contributed by atoms with van der Waals surface area (Å²) in [5.41, 5.74) is 3.01. The Balaban J connectivity index is 1.14. The van der Waals surface area contributed by atoms with Gasteiger partial charge >= 0.3 is 0 Å². The fourth-order valence-electron chi connectivity index (χ4n) is 4.75. The number of fused-ring (bicyclic) bond motifs is 1. The monoisotopic (exact) mass is 517 g/mol. The second-order valence-corrected chi connectivity index (χ2v) is 9.92. The zero-order chi connectivity index (χ0) is 23.7. The van der Waals surface area contributed by atoms with E-state index in [4.69, 9.17) is 34.8 Å². The molecular formula is C25H26Cl3N5O. The molecule has 34 heavy (non-hydrogen) atoms. The van der Waals surface area contributed by atoms with E-state index in [-0.39, 0.29) is 5.91 Å². The van der Waals surface area contributed by atoms with Crippen molar-refractivity contribution in [1.29, 1.82) is 0 Å². The van der Waals surface area contributed by atoms with E-state index in [9.17, 15) is 4.79 Å². The molecule has 5 rings (SSSR count). The molecule has 0 bridgehead atoms. The van der Waals surface area contributed by atoms with Gasteiger partial charge in [-0.2, -0.15) is 0 Å². The first kappa shape index (κ1) is 23.5. The van der Waals surface area contributed by atoms with E-state index < -0.39 is 0 Å². The molecule has 2 saturated heterocycles. The molecule has 178 valence electrons. The number of hydrogen-bond acceptors (Lipinski definition) is 5. The number of benzene rings is 2. The van der Waals surface area contributed by atoms with Crippen molar-refractivity contribution in [3.8, 4) is 0 Å². The van der Waals surface area contributed by atoms with Crippen molar-refractivity contribution in [3.05, 3.63) is 63.7 Å². The predicted molar refractivity (Wildman–Crippen MR) is 141 cm³/mol. The van der Waals surface area contributed by atoms with Crippen molar-refractivity contribution in [2.75, 3.05) is 68.7 Å². The molecular weight excluding hydrogens is 493 g/mol. The van der Waals surface area contributed by atoms with Crippen LogP contribution in [0.4, 0.5) is 11.4 Å². The van der Waals surface area contributed by atoms with Crippen molar-refractivity contribution >= 4 is 63.0 Å². The molecule has 0 saturated carbocycles. The maximum atomic E-state index is 13.0. The minimum atomic E-state index is 0.189. The summed E-state index contributed by atoms with van der Waals surface area (Å²) in [5.74, 6) is 0.189. The smallest absolute Gasteiger partial charge is 0.236 e. The van der Waals surface area contributed by atoms with Gasteiger partial charge in [-0.1, -0.05) is 40.9 Å². The molecule has 0 atom stereocenters. The molecule has 2 fully saturated rings. The molecule has 2 aliphatic heterocycles. The SMILES string of the molecule is O=C(CN1CCN(c2ccnc3cc(Cl)ccc23)CC1)N1CCN(c2cccc(Cl)c2Cl)CC1. The van der Waals surface area contributed by atoms with Gasteiger partial charge in [0.2, 0.25) is 5.91 Å². The van der Waals surface area contributed by atoms with Crippen LogP contribution in [0.1, 0.15) is 0 Å². The summed E-state index contributed by atoms with van der Waals surface area (Å²) >= 11 is 18.7. The van der Waals surface area contributed by atoms with E-state index in [2.05, 4.69) is 25.8 Å². The van der Waals surface area contributed by atoms with E-state index in [0.717, 1.165) is 55.9 Å². The van der Waals surface area contributed by atoms with Crippen LogP contribution in [-0.4, -0.2) is 79.6 Å². The van der Waals surface area contributed by atoms with Gasteiger partial charge in [-0.3, -0.25) is 14.7 Å². The second-order valence-electron chi connectivity index (χ2n) is 8.70. The van der Waals surface area contributed by atoms with E-state index in [1.54, 1.807) is 6.07 Å². The molecule has 0 unspecified atom stereocenters. The summed E-state index contributed by atoms with van der Waals surface area (Å²) in [5, 5.41) is 2.93. The molecule has 0 N–H and O–H groups in total. The lowest BCUT2D eigenvalue weighted by molar-refractivity contribution is -0.132. The fraction of sp³-hybridized carbons (Fsp3) is 0.360. The van der Waals surface area contributed by atoms with Gasteiger partial charge in [0, 0.05) is 74.7 Å². The molecule has 3 heterocycles. The molecule has 2 aliphatic rings. The Morgan fingerprint density at radius 3 is 2.29 bits per heavy atom. The van der Waals surface area contributed by atoms with Gasteiger partial charge in [0.1, 0.15) is 0 Å². The first-order valence-electron chi connectivity index (χ1n) is 11.5. The molecule has 3 aromatic rings. The lowest BCUT2D eigenvalue weighted by Crippen LogP contribution is -2.54. The van der Waals surface area contributed by atoms with Gasteiger partial charge in [-0.25, -0.2) is 0 Å². The largest absolute Gasteiger partial charge is 0.368 e. The molecule has 6 nitrogen and oxygen atoms in total. The van der Waals surface area contributed by atoms with Crippen LogP contribution in [0.15, 0.2) is 48.7 Å². The van der Waals surface area contributed by atoms with E-state index in [1.165, 1.54) is 5.69 Å². The lowest BCUT2D eigenvalue weighted by atomic mass is 10.1. The van der Waals surface area contributed by atoms with Crippen LogP contribution in [0.2, 0.25) is 15.1 Å². The van der Waals surface area contributed by atoms with Gasteiger partial charge in [0.25, 0.3) is 0 Å². The molecule has 1 aromatic heterocycles. The van der Waals surface area contributed by atoms with Crippen LogP contribution in [0.25, 0.3) is 10.9 Å². The highest BCUT2D eigenvalue weighted by molar-refractivity contribution is 6.43. The third-order valence-corrected chi connectivity index (χ3v) is 7.70. The van der Waals surface area contributed by atoms with Crippen molar-refractivity contribution in [2.24, 2.45) is 0 Å². The molecule has 2 aromatic carbocycles. The normalized spacial score (nSPS) is 17.4. The Hall–Kier alpha value is -2.25. The number of halogens is 3. The van der Waals surface area contributed by atoms with Gasteiger partial charge < -0.3 is 14.7 Å². The summed E-state index contributed by atoms with van der Waals surface area (Å²) in [4.78, 5) is 26.2. The zero-order valence-corrected chi connectivity index (χ0v) is 21.0. The number of aromatic nitrogens is 1. The van der Waals surface area contributed by atoms with Gasteiger partial charge in [-0.05, 0) is 36.4 Å². The first-order valence-corrected chi connectivity index (χ1v) is 12.6. The summed E-state index contributed by atoms with van der Waals surface area (Å²) < 4.78 is 0. The number of nitrogens with zero attached hydrogens (tertiary/aromatic N) is 5. The van der Waals surface area contributed by atoms with Gasteiger partial charge in [0.15, 0.2) is 0 Å². The number of anilines is 2. The van der Waals surface area contributed by atoms with Crippen LogP contribution in [0, 0.1) is 0 Å². The van der Waals surface area contributed by atoms with Crippen molar-refractivity contribution < 1.29 is 4.79 Å². The minimum Gasteiger partial charge on any atom is -0.368 e. The third-order valence-electron chi connectivity index (χ3n) is 6.66. The predicted octanol–water partition coefficient (Wildman–Crippen LogP) is 4.67. The van der Waals surface area contributed by atoms with E-state index in [0.29, 0.717) is 34.7 Å². The Kier molecular flexibility index (Phi) is 7.02. The van der Waals surface area contributed by atoms with Crippen LogP contribution in [0.5, 0.6) is 0 Å². The molecule has 0 radical (unpaired) electrons. The maximum Gasteiger partial charge on any atom is 0.236 e. The lowest BCUT2D eigenvalue weighted by Gasteiger charge is -2.39. The van der Waals surface area contributed by atoms with Crippen molar-refractivity contribution in [3.63, 3.8) is 0 Å². The molecule has 0 spiro atoms. The summed E-state index contributed by atoms with van der Waals surface area (Å²) in [7, 11) is 0. The number of carbonyl (C=O) groups is 1. The number of rotatable bonds is 4. The average Bonchev–Trinajstić information content (AvgIpc) is 2.86. The number of carbonyl (C=O) groups excluding carboxylic acids is 1. The van der Waals surface area contributed by atoms with Crippen LogP contribution in [-0.2, 0) is 4.79 Å². The molecule has 1 amide bonds. The zero-order valence-electron chi connectivity index (χ0n) is 18.8. The number of piperazine rings is 2. The van der Waals surface area contributed by atoms with Gasteiger partial charge in [0.05, 0.1) is 27.8 Å². The first-order chi connectivity index (χ1) is 16.5. The summed E-state index contributed by atoms with van der Waals surface area (Å²) in [6.07, 6.45) is 1.83. The van der Waals surface area contributed by atoms with Crippen molar-refractivity contribution in [1.82, 2.24) is 14.8 Å². The Labute approximate surface area is 214 Å². The molecule has 9 heteroatoms. The highest BCUT2D eigenvalue weighted by Gasteiger charge is 2.26. The van der Waals surface area contributed by atoms with Crippen LogP contribution < -0.4 is 9.80 Å². The van der Waals surface area contributed by atoms with Gasteiger partial charge in [-0.15, -0.1) is 0 Å². The number of pyridine rings is 1. The Morgan fingerprint density at radius 1 is 0.824 bits per heavy atom. The van der Waals surface area contributed by atoms with E-state index in [1.807, 2.05) is 41.4 Å². The second kappa shape index (κ2) is 10.2. The van der Waals surface area contributed by atoms with Crippen LogP contribution in [0.3, 0.4) is 0 Å². The summed E-state index contributed by atoms with van der Waals surface area (Å²) in [6.45, 7) is 6.77. The summed E-state index contributed by atoms with van der Waals surface area (Å²) in [6, 6.07) is 13.6. The Bertz CT molecular complexity index is 1190. The molecule has 0 aliphatic carbocycles. The standard InChI is InChI=1S/C25H26Cl3N5O/c26-18-4-5-19-21(16-18)29-7-6-22(19)31-10-8-30(9-11-31)17-24(34)33-14-12-32(13-15-33)23-3-1-2-20(27)25(23)28/h1-7,16H,8-15,17H2.